The van der Waals surface area contributed by atoms with Crippen LogP contribution in [-0.2, 0) is 98.4 Å². The van der Waals surface area contributed by atoms with Crippen LogP contribution in [0.15, 0.2) is 225 Å². The molecule has 11 heteroatoms. The third-order valence-corrected chi connectivity index (χ3v) is 13.4. The Morgan fingerprint density at radius 2 is 0.618 bits per heavy atom. The highest BCUT2D eigenvalue weighted by atomic mass is 16.8. The summed E-state index contributed by atoms with van der Waals surface area (Å²) in [5, 5.41) is 0. The van der Waals surface area contributed by atoms with Crippen LogP contribution in [-0.4, -0.2) is 80.7 Å². The van der Waals surface area contributed by atoms with E-state index in [0.717, 1.165) is 38.9 Å². The minimum atomic E-state index is -1.02. The highest BCUT2D eigenvalue weighted by Crippen LogP contribution is 2.35. The van der Waals surface area contributed by atoms with E-state index in [9.17, 15) is 0 Å². The summed E-state index contributed by atoms with van der Waals surface area (Å²) in [7, 11) is 0. The molecule has 9 rings (SSSR count). The predicted molar refractivity (Wildman–Crippen MR) is 290 cm³/mol. The number of rotatable bonds is 28. The molecule has 396 valence electrons. The van der Waals surface area contributed by atoms with Gasteiger partial charge in [0, 0.05) is 0 Å². The molecule has 2 fully saturated rings. The molecule has 0 aromatic heterocycles. The predicted octanol–water partition coefficient (Wildman–Crippen LogP) is 11.8. The van der Waals surface area contributed by atoms with Crippen molar-refractivity contribution >= 4 is 0 Å². The zero-order chi connectivity index (χ0) is 52.0. The van der Waals surface area contributed by atoms with Gasteiger partial charge in [0.15, 0.2) is 12.6 Å². The standard InChI is InChI=1S/C65H70O11/c1-3-48(2)74-65-63(72-45-55-37-23-10-24-38-55)61(70-43-53-33-19-8-20-34-53)59(68-41-51-29-15-6-16-30-51)57(76-65)47-73-64-62(71-44-54-35-21-9-22-36-54)60(69-42-52-31-17-7-18-32-52)58(67-40-50-27-13-5-14-28-50)56(75-64)46-66-39-49-25-11-4-12-26-49/h3-38,48,56-65H,1,39-47H2,2H3/t48?,56-,57-,58+,59+,60+,61+,62-,63-,64-,65-/m1/s1. The normalized spacial score (nSPS) is 23.9. The van der Waals surface area contributed by atoms with Gasteiger partial charge in [0.05, 0.1) is 65.6 Å². The van der Waals surface area contributed by atoms with Gasteiger partial charge in [-0.3, -0.25) is 0 Å². The monoisotopic (exact) mass is 1030 g/mol. The molecule has 2 aliphatic rings. The van der Waals surface area contributed by atoms with E-state index >= 15 is 0 Å². The van der Waals surface area contributed by atoms with Crippen LogP contribution < -0.4 is 0 Å². The summed E-state index contributed by atoms with van der Waals surface area (Å²) >= 11 is 0. The first-order valence-corrected chi connectivity index (χ1v) is 26.3. The van der Waals surface area contributed by atoms with Crippen LogP contribution in [0, 0.1) is 0 Å². The van der Waals surface area contributed by atoms with E-state index in [1.165, 1.54) is 0 Å². The molecule has 0 bridgehead atoms. The molecule has 7 aromatic carbocycles. The molecule has 76 heavy (non-hydrogen) atoms. The molecule has 0 spiro atoms. The highest BCUT2D eigenvalue weighted by molar-refractivity contribution is 5.19. The Morgan fingerprint density at radius 1 is 0.342 bits per heavy atom. The molecule has 2 heterocycles. The number of ether oxygens (including phenoxy) is 11. The Labute approximate surface area is 448 Å². The zero-order valence-electron chi connectivity index (χ0n) is 43.2. The van der Waals surface area contributed by atoms with Gasteiger partial charge < -0.3 is 52.1 Å². The lowest BCUT2D eigenvalue weighted by atomic mass is 9.96. The second kappa shape index (κ2) is 29.4. The summed E-state index contributed by atoms with van der Waals surface area (Å²) in [4.78, 5) is 0. The molecule has 2 saturated heterocycles. The summed E-state index contributed by atoms with van der Waals surface area (Å²) in [5.41, 5.74) is 6.95. The second-order valence-electron chi connectivity index (χ2n) is 19.1. The van der Waals surface area contributed by atoms with Crippen LogP contribution >= 0.6 is 0 Å². The highest BCUT2D eigenvalue weighted by Gasteiger charge is 2.52. The Bertz CT molecular complexity index is 2670. The SMILES string of the molecule is C=CC(C)O[C@@H]1O[C@H](CO[C@@H]2O[C@H](COCc3ccccc3)[C@H](OCc3ccccc3)[C@H](OCc3ccccc3)[C@H]2OCc2ccccc2)[C@H](OCc2ccccc2)[C@H](OCc2ccccc2)[C@H]1OCc1ccccc1. The molecule has 0 amide bonds. The molecular weight excluding hydrogens is 957 g/mol. The minimum Gasteiger partial charge on any atom is -0.374 e. The zero-order valence-corrected chi connectivity index (χ0v) is 43.2. The second-order valence-corrected chi connectivity index (χ2v) is 19.1. The van der Waals surface area contributed by atoms with Crippen molar-refractivity contribution in [3.8, 4) is 0 Å². The lowest BCUT2D eigenvalue weighted by Crippen LogP contribution is -2.64. The molecule has 0 radical (unpaired) electrons. The Balaban J connectivity index is 1.07. The molecule has 7 aromatic rings. The average molecular weight is 1030 g/mol. The van der Waals surface area contributed by atoms with E-state index in [4.69, 9.17) is 52.1 Å². The first kappa shape index (κ1) is 54.6. The lowest BCUT2D eigenvalue weighted by molar-refractivity contribution is -0.355. The van der Waals surface area contributed by atoms with Crippen molar-refractivity contribution in [3.63, 3.8) is 0 Å². The van der Waals surface area contributed by atoms with E-state index < -0.39 is 67.5 Å². The van der Waals surface area contributed by atoms with Crippen molar-refractivity contribution in [2.45, 2.75) is 121 Å². The molecule has 2 aliphatic heterocycles. The summed E-state index contributed by atoms with van der Waals surface area (Å²) in [6.45, 7) is 8.08. The molecule has 0 aliphatic carbocycles. The largest absolute Gasteiger partial charge is 0.374 e. The van der Waals surface area contributed by atoms with Crippen LogP contribution in [0.3, 0.4) is 0 Å². The van der Waals surface area contributed by atoms with Crippen LogP contribution in [0.25, 0.3) is 0 Å². The summed E-state index contributed by atoms with van der Waals surface area (Å²) in [5.74, 6) is 0. The van der Waals surface area contributed by atoms with Crippen molar-refractivity contribution in [3.05, 3.63) is 264 Å². The van der Waals surface area contributed by atoms with Gasteiger partial charge in [0.25, 0.3) is 0 Å². The summed E-state index contributed by atoms with van der Waals surface area (Å²) < 4.78 is 76.4. The van der Waals surface area contributed by atoms with Gasteiger partial charge in [0.1, 0.15) is 48.8 Å². The van der Waals surface area contributed by atoms with Gasteiger partial charge >= 0.3 is 0 Å². The van der Waals surface area contributed by atoms with Crippen molar-refractivity contribution in [2.24, 2.45) is 0 Å². The van der Waals surface area contributed by atoms with E-state index in [0.29, 0.717) is 13.2 Å². The van der Waals surface area contributed by atoms with Gasteiger partial charge in [-0.1, -0.05) is 218 Å². The average Bonchev–Trinajstić information content (AvgIpc) is 3.49. The third-order valence-electron chi connectivity index (χ3n) is 13.4. The van der Waals surface area contributed by atoms with E-state index in [1.807, 2.05) is 219 Å². The smallest absolute Gasteiger partial charge is 0.187 e. The van der Waals surface area contributed by atoms with Gasteiger partial charge in [-0.2, -0.15) is 0 Å². The first-order valence-electron chi connectivity index (χ1n) is 26.3. The Kier molecular flexibility index (Phi) is 21.1. The van der Waals surface area contributed by atoms with E-state index in [1.54, 1.807) is 6.08 Å². The molecule has 0 saturated carbocycles. The fraction of sp³-hybridized carbons (Fsp3) is 0.323. The molecule has 11 nitrogen and oxygen atoms in total. The Hall–Kier alpha value is -6.16. The first-order chi connectivity index (χ1) is 37.6. The molecule has 1 unspecified atom stereocenters. The maximum absolute atomic E-state index is 7.14. The lowest BCUT2D eigenvalue weighted by Gasteiger charge is -2.48. The maximum Gasteiger partial charge on any atom is 0.187 e. The van der Waals surface area contributed by atoms with Crippen LogP contribution in [0.4, 0.5) is 0 Å². The number of hydrogen-bond acceptors (Lipinski definition) is 11. The van der Waals surface area contributed by atoms with Gasteiger partial charge in [-0.15, -0.1) is 6.58 Å². The summed E-state index contributed by atoms with van der Waals surface area (Å²) in [6, 6.07) is 70.4. The van der Waals surface area contributed by atoms with Crippen molar-refractivity contribution in [2.75, 3.05) is 13.2 Å². The van der Waals surface area contributed by atoms with Crippen LogP contribution in [0.5, 0.6) is 0 Å². The topological polar surface area (TPSA) is 102 Å². The molecule has 0 N–H and O–H groups in total. The van der Waals surface area contributed by atoms with Crippen molar-refractivity contribution in [1.29, 1.82) is 0 Å². The maximum atomic E-state index is 7.14. The fourth-order valence-electron chi connectivity index (χ4n) is 9.33. The number of hydrogen-bond donors (Lipinski definition) is 0. The summed E-state index contributed by atoms with van der Waals surface area (Å²) in [6.07, 6.45) is -6.49. The van der Waals surface area contributed by atoms with Gasteiger partial charge in [0.2, 0.25) is 0 Å². The van der Waals surface area contributed by atoms with E-state index in [-0.39, 0.29) is 46.2 Å². The molecule has 11 atom stereocenters. The van der Waals surface area contributed by atoms with Gasteiger partial charge in [-0.25, -0.2) is 0 Å². The number of benzene rings is 7. The minimum absolute atomic E-state index is 0.0349. The van der Waals surface area contributed by atoms with Crippen molar-refractivity contribution < 1.29 is 52.1 Å². The van der Waals surface area contributed by atoms with Crippen LogP contribution in [0.2, 0.25) is 0 Å². The Morgan fingerprint density at radius 3 is 0.961 bits per heavy atom. The quantitative estimate of drug-likeness (QED) is 0.0438. The fourth-order valence-corrected chi connectivity index (χ4v) is 9.33. The van der Waals surface area contributed by atoms with Gasteiger partial charge in [-0.05, 0) is 45.9 Å². The van der Waals surface area contributed by atoms with Crippen molar-refractivity contribution in [1.82, 2.24) is 0 Å². The third kappa shape index (κ3) is 16.2. The van der Waals surface area contributed by atoms with Crippen LogP contribution in [0.1, 0.15) is 45.9 Å². The van der Waals surface area contributed by atoms with E-state index in [2.05, 4.69) is 6.58 Å². The molecular formula is C65H70O11.